The first-order valence-corrected chi connectivity index (χ1v) is 6.92. The average molecular weight is 274 g/mol. The summed E-state index contributed by atoms with van der Waals surface area (Å²) in [7, 11) is 0. The summed E-state index contributed by atoms with van der Waals surface area (Å²) in [4.78, 5) is 11.4. The highest BCUT2D eigenvalue weighted by Crippen LogP contribution is 2.38. The predicted molar refractivity (Wildman–Crippen MR) is 65.3 cm³/mol. The van der Waals surface area contributed by atoms with E-state index in [-0.39, 0.29) is 13.2 Å². The van der Waals surface area contributed by atoms with Crippen LogP contribution in [0.5, 0.6) is 0 Å². The molecule has 3 atom stereocenters. The predicted octanol–water partition coefficient (Wildman–Crippen LogP) is 0.347. The molecule has 6 heteroatoms. The molecule has 2 N–H and O–H groups in total. The van der Waals surface area contributed by atoms with Gasteiger partial charge in [-0.3, -0.25) is 0 Å². The first kappa shape index (κ1) is 14.7. The molecule has 110 valence electrons. The Hall–Kier alpha value is -0.690. The zero-order chi connectivity index (χ0) is 13.9. The largest absolute Gasteiger partial charge is 0.464 e. The SMILES string of the molecule is CCOC(=O)[C@@H](O)[C@H](O)[C@H]1COC2(CCCCC2)O1. The maximum atomic E-state index is 11.4. The molecule has 2 aliphatic rings. The lowest BCUT2D eigenvalue weighted by molar-refractivity contribution is -0.203. The van der Waals surface area contributed by atoms with Gasteiger partial charge in [-0.2, -0.15) is 0 Å². The summed E-state index contributed by atoms with van der Waals surface area (Å²) in [5, 5.41) is 19.7. The quantitative estimate of drug-likeness (QED) is 0.719. The Bertz CT molecular complexity index is 312. The summed E-state index contributed by atoms with van der Waals surface area (Å²) in [6, 6.07) is 0. The molecule has 2 fully saturated rings. The Balaban J connectivity index is 1.90. The molecule has 0 amide bonds. The van der Waals surface area contributed by atoms with Crippen LogP contribution in [-0.2, 0) is 19.0 Å². The van der Waals surface area contributed by atoms with Crippen molar-refractivity contribution in [3.63, 3.8) is 0 Å². The third-order valence-corrected chi connectivity index (χ3v) is 3.72. The highest BCUT2D eigenvalue weighted by molar-refractivity contribution is 5.75. The minimum atomic E-state index is -1.59. The fraction of sp³-hybridized carbons (Fsp3) is 0.923. The van der Waals surface area contributed by atoms with Crippen molar-refractivity contribution in [2.45, 2.75) is 63.1 Å². The van der Waals surface area contributed by atoms with Gasteiger partial charge >= 0.3 is 5.97 Å². The Morgan fingerprint density at radius 1 is 1.37 bits per heavy atom. The van der Waals surface area contributed by atoms with E-state index in [4.69, 9.17) is 9.47 Å². The van der Waals surface area contributed by atoms with Crippen molar-refractivity contribution in [2.24, 2.45) is 0 Å². The molecule has 0 bridgehead atoms. The third kappa shape index (κ3) is 3.25. The zero-order valence-electron chi connectivity index (χ0n) is 11.2. The summed E-state index contributed by atoms with van der Waals surface area (Å²) < 4.78 is 16.1. The van der Waals surface area contributed by atoms with Gasteiger partial charge in [0.05, 0.1) is 13.2 Å². The Labute approximate surface area is 112 Å². The van der Waals surface area contributed by atoms with Gasteiger partial charge in [0.2, 0.25) is 0 Å². The number of rotatable bonds is 4. The van der Waals surface area contributed by atoms with E-state index >= 15 is 0 Å². The molecule has 0 radical (unpaired) electrons. The first-order chi connectivity index (χ1) is 9.08. The topological polar surface area (TPSA) is 85.2 Å². The summed E-state index contributed by atoms with van der Waals surface area (Å²) in [5.41, 5.74) is 0. The van der Waals surface area contributed by atoms with Crippen LogP contribution in [0.3, 0.4) is 0 Å². The van der Waals surface area contributed by atoms with Gasteiger partial charge in [0, 0.05) is 12.8 Å². The number of aliphatic hydroxyl groups excluding tert-OH is 2. The zero-order valence-corrected chi connectivity index (χ0v) is 11.2. The molecule has 19 heavy (non-hydrogen) atoms. The number of hydrogen-bond acceptors (Lipinski definition) is 6. The van der Waals surface area contributed by atoms with Crippen molar-refractivity contribution in [2.75, 3.05) is 13.2 Å². The van der Waals surface area contributed by atoms with Crippen LogP contribution in [0.1, 0.15) is 39.0 Å². The summed E-state index contributed by atoms with van der Waals surface area (Å²) in [5.74, 6) is -1.46. The summed E-state index contributed by atoms with van der Waals surface area (Å²) in [6.45, 7) is 2.00. The minimum Gasteiger partial charge on any atom is -0.464 e. The molecular weight excluding hydrogens is 252 g/mol. The van der Waals surface area contributed by atoms with Crippen molar-refractivity contribution in [1.82, 2.24) is 0 Å². The molecule has 1 spiro atoms. The second kappa shape index (κ2) is 6.17. The van der Waals surface area contributed by atoms with Crippen molar-refractivity contribution in [3.8, 4) is 0 Å². The minimum absolute atomic E-state index is 0.161. The first-order valence-electron chi connectivity index (χ1n) is 6.92. The van der Waals surface area contributed by atoms with Gasteiger partial charge in [-0.05, 0) is 19.8 Å². The standard InChI is InChI=1S/C13H22O6/c1-2-17-12(16)11(15)10(14)9-8-18-13(19-9)6-4-3-5-7-13/h9-11,14-15H,2-8H2,1H3/t9-,10-,11+/m1/s1. The van der Waals surface area contributed by atoms with Crippen LogP contribution in [0, 0.1) is 0 Å². The maximum Gasteiger partial charge on any atom is 0.337 e. The number of aliphatic hydroxyl groups is 2. The number of esters is 1. The molecule has 1 aliphatic heterocycles. The van der Waals surface area contributed by atoms with Gasteiger partial charge in [0.25, 0.3) is 0 Å². The second-order valence-electron chi connectivity index (χ2n) is 5.13. The van der Waals surface area contributed by atoms with Crippen molar-refractivity contribution in [3.05, 3.63) is 0 Å². The fourth-order valence-electron chi connectivity index (χ4n) is 2.67. The van der Waals surface area contributed by atoms with Crippen molar-refractivity contribution < 1.29 is 29.2 Å². The maximum absolute atomic E-state index is 11.4. The highest BCUT2D eigenvalue weighted by atomic mass is 16.7. The van der Waals surface area contributed by atoms with Gasteiger partial charge in [-0.15, -0.1) is 0 Å². The lowest BCUT2D eigenvalue weighted by Crippen LogP contribution is -2.45. The Morgan fingerprint density at radius 3 is 2.68 bits per heavy atom. The molecule has 1 heterocycles. The molecule has 0 aromatic carbocycles. The lowest BCUT2D eigenvalue weighted by atomic mass is 9.94. The van der Waals surface area contributed by atoms with Crippen LogP contribution in [-0.4, -0.2) is 53.5 Å². The highest BCUT2D eigenvalue weighted by Gasteiger charge is 2.47. The van der Waals surface area contributed by atoms with Crippen LogP contribution in [0.25, 0.3) is 0 Å². The van der Waals surface area contributed by atoms with Crippen LogP contribution < -0.4 is 0 Å². The van der Waals surface area contributed by atoms with Gasteiger partial charge in [0.1, 0.15) is 12.2 Å². The molecular formula is C13H22O6. The third-order valence-electron chi connectivity index (χ3n) is 3.72. The van der Waals surface area contributed by atoms with Crippen molar-refractivity contribution in [1.29, 1.82) is 0 Å². The van der Waals surface area contributed by atoms with E-state index in [2.05, 4.69) is 4.74 Å². The lowest BCUT2D eigenvalue weighted by Gasteiger charge is -2.32. The van der Waals surface area contributed by atoms with Crippen LogP contribution in [0.15, 0.2) is 0 Å². The van der Waals surface area contributed by atoms with E-state index < -0.39 is 30.1 Å². The van der Waals surface area contributed by atoms with Crippen LogP contribution >= 0.6 is 0 Å². The average Bonchev–Trinajstić information content (AvgIpc) is 2.82. The smallest absolute Gasteiger partial charge is 0.337 e. The van der Waals surface area contributed by atoms with E-state index in [0.717, 1.165) is 32.1 Å². The van der Waals surface area contributed by atoms with Crippen LogP contribution in [0.4, 0.5) is 0 Å². The molecule has 2 rings (SSSR count). The number of ether oxygens (including phenoxy) is 3. The normalized spacial score (nSPS) is 29.1. The molecule has 1 saturated carbocycles. The Kier molecular flexibility index (Phi) is 4.78. The molecule has 0 aromatic rings. The van der Waals surface area contributed by atoms with Gasteiger partial charge in [-0.25, -0.2) is 4.79 Å². The van der Waals surface area contributed by atoms with Gasteiger partial charge in [0.15, 0.2) is 11.9 Å². The molecule has 0 aromatic heterocycles. The van der Waals surface area contributed by atoms with E-state index in [0.29, 0.717) is 0 Å². The number of carbonyl (C=O) groups excluding carboxylic acids is 1. The van der Waals surface area contributed by atoms with E-state index in [1.54, 1.807) is 6.92 Å². The van der Waals surface area contributed by atoms with Gasteiger partial charge in [-0.1, -0.05) is 6.42 Å². The van der Waals surface area contributed by atoms with Gasteiger partial charge < -0.3 is 24.4 Å². The van der Waals surface area contributed by atoms with Crippen molar-refractivity contribution >= 4 is 5.97 Å². The molecule has 1 aliphatic carbocycles. The number of carbonyl (C=O) groups is 1. The summed E-state index contributed by atoms with van der Waals surface area (Å²) in [6.07, 6.45) is 1.22. The number of hydrogen-bond donors (Lipinski definition) is 2. The second-order valence-corrected chi connectivity index (χ2v) is 5.13. The molecule has 6 nitrogen and oxygen atoms in total. The molecule has 1 saturated heterocycles. The van der Waals surface area contributed by atoms with E-state index in [9.17, 15) is 15.0 Å². The Morgan fingerprint density at radius 2 is 2.05 bits per heavy atom. The summed E-state index contributed by atoms with van der Waals surface area (Å²) >= 11 is 0. The van der Waals surface area contributed by atoms with E-state index in [1.165, 1.54) is 0 Å². The monoisotopic (exact) mass is 274 g/mol. The molecule has 0 unspecified atom stereocenters. The fourth-order valence-corrected chi connectivity index (χ4v) is 2.67. The van der Waals surface area contributed by atoms with E-state index in [1.807, 2.05) is 0 Å². The van der Waals surface area contributed by atoms with Crippen LogP contribution in [0.2, 0.25) is 0 Å².